The molecule has 0 spiro atoms. The molecule has 186 valence electrons. The molecule has 5 heteroatoms. The Bertz CT molecular complexity index is 1060. The van der Waals surface area contributed by atoms with Gasteiger partial charge in [0.2, 0.25) is 5.91 Å². The van der Waals surface area contributed by atoms with Crippen molar-refractivity contribution in [1.82, 2.24) is 10.3 Å². The molecule has 5 aliphatic rings. The van der Waals surface area contributed by atoms with E-state index in [0.717, 1.165) is 65.7 Å². The molecule has 5 aliphatic carbocycles. The van der Waals surface area contributed by atoms with Gasteiger partial charge in [0.15, 0.2) is 0 Å². The molecule has 4 fully saturated rings. The standard InChI is InChI=1S/C30H40N4O/c35-29(19-30-16-22-13-23(17-30)15-24(14-22)18-30)34-27-8-4-7-26-25(27)9-10-28(33-26)32-12-11-31-20-21-5-2-1-3-6-21/h1-2,4,7-10,21-24,31H,3,5-6,11-20H2,(H,32,33)(H,34,35). The van der Waals surface area contributed by atoms with Crippen molar-refractivity contribution in [1.29, 1.82) is 0 Å². The number of nitrogens with one attached hydrogen (secondary N) is 3. The molecule has 7 rings (SSSR count). The van der Waals surface area contributed by atoms with E-state index >= 15 is 0 Å². The monoisotopic (exact) mass is 472 g/mol. The first-order valence-electron chi connectivity index (χ1n) is 13.9. The van der Waals surface area contributed by atoms with Crippen LogP contribution in [0.2, 0.25) is 0 Å². The molecule has 1 atom stereocenters. The van der Waals surface area contributed by atoms with Gasteiger partial charge in [-0.05, 0) is 118 Å². The number of amides is 1. The van der Waals surface area contributed by atoms with Crippen molar-refractivity contribution in [3.63, 3.8) is 0 Å². The van der Waals surface area contributed by atoms with Crippen LogP contribution in [-0.2, 0) is 4.79 Å². The molecule has 1 unspecified atom stereocenters. The van der Waals surface area contributed by atoms with Crippen LogP contribution in [0.15, 0.2) is 42.5 Å². The van der Waals surface area contributed by atoms with Crippen molar-refractivity contribution in [2.24, 2.45) is 29.1 Å². The molecule has 35 heavy (non-hydrogen) atoms. The fourth-order valence-corrected chi connectivity index (χ4v) is 8.03. The summed E-state index contributed by atoms with van der Waals surface area (Å²) < 4.78 is 0. The van der Waals surface area contributed by atoms with Crippen molar-refractivity contribution in [2.75, 3.05) is 30.3 Å². The van der Waals surface area contributed by atoms with Crippen molar-refractivity contribution in [3.05, 3.63) is 42.5 Å². The van der Waals surface area contributed by atoms with Gasteiger partial charge in [-0.3, -0.25) is 4.79 Å². The number of hydrogen-bond donors (Lipinski definition) is 3. The van der Waals surface area contributed by atoms with E-state index in [1.54, 1.807) is 0 Å². The third-order valence-corrected chi connectivity index (χ3v) is 9.13. The number of carbonyl (C=O) groups is 1. The predicted molar refractivity (Wildman–Crippen MR) is 143 cm³/mol. The Labute approximate surface area is 209 Å². The molecule has 1 heterocycles. The first-order chi connectivity index (χ1) is 17.1. The van der Waals surface area contributed by atoms with E-state index in [-0.39, 0.29) is 11.3 Å². The summed E-state index contributed by atoms with van der Waals surface area (Å²) in [5.41, 5.74) is 2.07. The van der Waals surface area contributed by atoms with Gasteiger partial charge in [0.1, 0.15) is 5.82 Å². The second-order valence-electron chi connectivity index (χ2n) is 12.0. The fraction of sp³-hybridized carbons (Fsp3) is 0.600. The molecular weight excluding hydrogens is 432 g/mol. The first-order valence-corrected chi connectivity index (χ1v) is 13.9. The van der Waals surface area contributed by atoms with Crippen LogP contribution >= 0.6 is 0 Å². The average Bonchev–Trinajstić information content (AvgIpc) is 2.83. The van der Waals surface area contributed by atoms with Crippen LogP contribution in [0.25, 0.3) is 10.9 Å². The number of aromatic nitrogens is 1. The van der Waals surface area contributed by atoms with Crippen molar-refractivity contribution in [2.45, 2.75) is 64.2 Å². The molecule has 3 N–H and O–H groups in total. The highest BCUT2D eigenvalue weighted by Gasteiger charge is 2.51. The van der Waals surface area contributed by atoms with E-state index in [1.165, 1.54) is 57.8 Å². The number of pyridine rings is 1. The Morgan fingerprint density at radius 3 is 2.51 bits per heavy atom. The van der Waals surface area contributed by atoms with Crippen LogP contribution in [0, 0.1) is 29.1 Å². The van der Waals surface area contributed by atoms with E-state index in [0.29, 0.717) is 6.42 Å². The third kappa shape index (κ3) is 5.25. The van der Waals surface area contributed by atoms with E-state index in [4.69, 9.17) is 4.98 Å². The summed E-state index contributed by atoms with van der Waals surface area (Å²) in [6, 6.07) is 10.2. The molecule has 5 nitrogen and oxygen atoms in total. The van der Waals surface area contributed by atoms with Gasteiger partial charge in [-0.15, -0.1) is 0 Å². The lowest BCUT2D eigenvalue weighted by molar-refractivity contribution is -0.124. The van der Waals surface area contributed by atoms with Crippen LogP contribution in [0.5, 0.6) is 0 Å². The van der Waals surface area contributed by atoms with Crippen molar-refractivity contribution >= 4 is 28.3 Å². The highest BCUT2D eigenvalue weighted by atomic mass is 16.1. The molecular formula is C30H40N4O. The Hall–Kier alpha value is -2.40. The SMILES string of the molecule is O=C(CC12CC3CC(CC(C3)C1)C2)Nc1cccc2nc(NCCNCC3CC=CCC3)ccc12. The summed E-state index contributed by atoms with van der Waals surface area (Å²) in [6.45, 7) is 2.87. The largest absolute Gasteiger partial charge is 0.369 e. The van der Waals surface area contributed by atoms with Crippen LogP contribution < -0.4 is 16.0 Å². The number of benzene rings is 1. The highest BCUT2D eigenvalue weighted by molar-refractivity contribution is 6.01. The quantitative estimate of drug-likeness (QED) is 0.303. The van der Waals surface area contributed by atoms with Gasteiger partial charge >= 0.3 is 0 Å². The summed E-state index contributed by atoms with van der Waals surface area (Å²) in [4.78, 5) is 18.0. The fourth-order valence-electron chi connectivity index (χ4n) is 8.03. The lowest BCUT2D eigenvalue weighted by Crippen LogP contribution is -2.47. The topological polar surface area (TPSA) is 66.0 Å². The van der Waals surface area contributed by atoms with Crippen molar-refractivity contribution < 1.29 is 4.79 Å². The summed E-state index contributed by atoms with van der Waals surface area (Å²) >= 11 is 0. The molecule has 4 saturated carbocycles. The second-order valence-corrected chi connectivity index (χ2v) is 12.0. The molecule has 2 aromatic rings. The maximum atomic E-state index is 13.2. The molecule has 1 amide bonds. The average molecular weight is 473 g/mol. The maximum Gasteiger partial charge on any atom is 0.224 e. The van der Waals surface area contributed by atoms with E-state index in [1.807, 2.05) is 24.3 Å². The number of anilines is 2. The smallest absolute Gasteiger partial charge is 0.224 e. The summed E-state index contributed by atoms with van der Waals surface area (Å²) in [7, 11) is 0. The number of nitrogens with zero attached hydrogens (tertiary/aromatic N) is 1. The van der Waals surface area contributed by atoms with E-state index in [9.17, 15) is 4.79 Å². The van der Waals surface area contributed by atoms with Gasteiger partial charge < -0.3 is 16.0 Å². The first kappa shape index (κ1) is 23.0. The zero-order valence-electron chi connectivity index (χ0n) is 20.9. The van der Waals surface area contributed by atoms with Gasteiger partial charge in [0.25, 0.3) is 0 Å². The molecule has 4 bridgehead atoms. The van der Waals surface area contributed by atoms with Crippen LogP contribution in [0.3, 0.4) is 0 Å². The lowest BCUT2D eigenvalue weighted by atomic mass is 9.49. The van der Waals surface area contributed by atoms with Gasteiger partial charge in [0.05, 0.1) is 11.2 Å². The summed E-state index contributed by atoms with van der Waals surface area (Å²) in [5, 5.41) is 11.3. The van der Waals surface area contributed by atoms with Crippen molar-refractivity contribution in [3.8, 4) is 0 Å². The van der Waals surface area contributed by atoms with Gasteiger partial charge in [-0.2, -0.15) is 0 Å². The van der Waals surface area contributed by atoms with E-state index < -0.39 is 0 Å². The zero-order valence-corrected chi connectivity index (χ0v) is 20.9. The Kier molecular flexibility index (Phi) is 6.53. The second kappa shape index (κ2) is 9.93. The highest BCUT2D eigenvalue weighted by Crippen LogP contribution is 2.61. The normalized spacial score (nSPS) is 31.1. The minimum atomic E-state index is 0.182. The van der Waals surface area contributed by atoms with Crippen LogP contribution in [0.4, 0.5) is 11.5 Å². The Morgan fingerprint density at radius 1 is 0.971 bits per heavy atom. The number of carbonyl (C=O) groups excluding carboxylic acids is 1. The Morgan fingerprint density at radius 2 is 1.77 bits per heavy atom. The maximum absolute atomic E-state index is 13.2. The minimum Gasteiger partial charge on any atom is -0.369 e. The van der Waals surface area contributed by atoms with Crippen LogP contribution in [-0.4, -0.2) is 30.5 Å². The van der Waals surface area contributed by atoms with Gasteiger partial charge in [0, 0.05) is 24.9 Å². The van der Waals surface area contributed by atoms with Gasteiger partial charge in [-0.25, -0.2) is 4.98 Å². The summed E-state index contributed by atoms with van der Waals surface area (Å²) in [6.07, 6.45) is 17.1. The number of fused-ring (bicyclic) bond motifs is 1. The van der Waals surface area contributed by atoms with Gasteiger partial charge in [-0.1, -0.05) is 18.2 Å². The number of allylic oxidation sites excluding steroid dienone is 2. The molecule has 1 aromatic carbocycles. The Balaban J connectivity index is 1.03. The molecule has 0 saturated heterocycles. The minimum absolute atomic E-state index is 0.182. The molecule has 0 radical (unpaired) electrons. The van der Waals surface area contributed by atoms with E-state index in [2.05, 4.69) is 34.2 Å². The molecule has 1 aromatic heterocycles. The van der Waals surface area contributed by atoms with Crippen LogP contribution in [0.1, 0.15) is 64.2 Å². The number of hydrogen-bond acceptors (Lipinski definition) is 4. The summed E-state index contributed by atoms with van der Waals surface area (Å²) in [5.74, 6) is 4.47. The zero-order chi connectivity index (χ0) is 23.7. The number of rotatable bonds is 9. The molecule has 0 aliphatic heterocycles. The third-order valence-electron chi connectivity index (χ3n) is 9.13. The lowest BCUT2D eigenvalue weighted by Gasteiger charge is -2.56. The predicted octanol–water partition coefficient (Wildman–Crippen LogP) is 6.14.